The molecule has 35 heavy (non-hydrogen) atoms. The lowest BCUT2D eigenvalue weighted by Crippen LogP contribution is -2.29. The van der Waals surface area contributed by atoms with Crippen LogP contribution in [0.4, 0.5) is 0 Å². The van der Waals surface area contributed by atoms with Crippen molar-refractivity contribution in [2.45, 2.75) is 25.7 Å². The van der Waals surface area contributed by atoms with Crippen LogP contribution in [-0.4, -0.2) is 30.2 Å². The molecular weight excluding hydrogens is 440 g/mol. The molecule has 3 aromatic rings. The zero-order valence-corrected chi connectivity index (χ0v) is 19.6. The Kier molecular flexibility index (Phi) is 8.30. The van der Waals surface area contributed by atoms with Gasteiger partial charge in [-0.2, -0.15) is 0 Å². The van der Waals surface area contributed by atoms with Crippen LogP contribution in [0.3, 0.4) is 0 Å². The monoisotopic (exact) mass is 470 g/mol. The van der Waals surface area contributed by atoms with Gasteiger partial charge in [0.2, 0.25) is 0 Å². The summed E-state index contributed by atoms with van der Waals surface area (Å²) in [6.45, 7) is 0.692. The first-order valence-electron chi connectivity index (χ1n) is 11.9. The van der Waals surface area contributed by atoms with Crippen LogP contribution in [-0.2, 0) is 4.79 Å². The number of ether oxygens (including phenoxy) is 1. The number of nitrogens with one attached hydrogen (secondary N) is 2. The molecular formula is C29H30N2O4. The second kappa shape index (κ2) is 12.0. The lowest BCUT2D eigenvalue weighted by Gasteiger charge is -2.17. The maximum absolute atomic E-state index is 13.1. The van der Waals surface area contributed by atoms with Crippen LogP contribution >= 0.6 is 0 Å². The highest BCUT2D eigenvalue weighted by Crippen LogP contribution is 2.26. The molecule has 6 heteroatoms. The highest BCUT2D eigenvalue weighted by atomic mass is 16.5. The van der Waals surface area contributed by atoms with E-state index in [0.29, 0.717) is 29.3 Å². The van der Waals surface area contributed by atoms with Gasteiger partial charge in [-0.25, -0.2) is 5.48 Å². The average Bonchev–Trinajstić information content (AvgIpc) is 2.91. The van der Waals surface area contributed by atoms with Crippen molar-refractivity contribution in [2.75, 3.05) is 13.2 Å². The lowest BCUT2D eigenvalue weighted by atomic mass is 9.93. The molecule has 0 bridgehead atoms. The number of benzene rings is 3. The molecule has 1 unspecified atom stereocenters. The first-order chi connectivity index (χ1) is 17.1. The molecule has 0 saturated heterocycles. The van der Waals surface area contributed by atoms with Gasteiger partial charge in [0.05, 0.1) is 5.57 Å². The predicted octanol–water partition coefficient (Wildman–Crippen LogP) is 5.28. The molecule has 3 N–H and O–H groups in total. The molecule has 0 heterocycles. The number of allylic oxidation sites excluding steroid dienone is 2. The molecule has 6 nitrogen and oxygen atoms in total. The minimum Gasteiger partial charge on any atom is -0.488 e. The Morgan fingerprint density at radius 3 is 2.60 bits per heavy atom. The summed E-state index contributed by atoms with van der Waals surface area (Å²) in [6.07, 6.45) is 10.6. The normalized spacial score (nSPS) is 15.6. The number of hydrogen-bond donors (Lipinski definition) is 3. The van der Waals surface area contributed by atoms with Crippen molar-refractivity contribution in [3.05, 3.63) is 95.6 Å². The first kappa shape index (κ1) is 24.2. The van der Waals surface area contributed by atoms with E-state index in [1.165, 1.54) is 6.42 Å². The summed E-state index contributed by atoms with van der Waals surface area (Å²) in [5.41, 5.74) is 3.18. The Hall–Kier alpha value is -3.90. The second-order valence-electron chi connectivity index (χ2n) is 8.66. The molecule has 180 valence electrons. The van der Waals surface area contributed by atoms with E-state index < -0.39 is 5.91 Å². The van der Waals surface area contributed by atoms with Crippen LogP contribution in [0, 0.1) is 5.92 Å². The third-order valence-electron chi connectivity index (χ3n) is 6.19. The van der Waals surface area contributed by atoms with Crippen molar-refractivity contribution in [1.29, 1.82) is 0 Å². The minimum atomic E-state index is -0.588. The Balaban J connectivity index is 1.50. The van der Waals surface area contributed by atoms with Gasteiger partial charge in [0.15, 0.2) is 0 Å². The molecule has 3 aromatic carbocycles. The molecule has 0 radical (unpaired) electrons. The van der Waals surface area contributed by atoms with Crippen molar-refractivity contribution in [1.82, 2.24) is 10.8 Å². The molecule has 0 aliphatic heterocycles. The van der Waals surface area contributed by atoms with Gasteiger partial charge in [-0.1, -0.05) is 60.7 Å². The molecule has 0 fully saturated rings. The van der Waals surface area contributed by atoms with E-state index in [9.17, 15) is 9.59 Å². The smallest absolute Gasteiger partial charge is 0.274 e. The first-order valence-corrected chi connectivity index (χ1v) is 11.9. The maximum atomic E-state index is 13.1. The SMILES string of the molecule is O=C(NCCC1C=CCCC1)/C(=C/c1ccc(C(=O)NO)cc1)COc1cccc2ccccc12. The zero-order chi connectivity index (χ0) is 24.5. The number of carbonyl (C=O) groups excluding carboxylic acids is 2. The van der Waals surface area contributed by atoms with Crippen molar-refractivity contribution >= 4 is 28.7 Å². The van der Waals surface area contributed by atoms with E-state index in [1.54, 1.807) is 35.8 Å². The average molecular weight is 471 g/mol. The Morgan fingerprint density at radius 1 is 1.03 bits per heavy atom. The molecule has 4 rings (SSSR count). The number of fused-ring (bicyclic) bond motifs is 1. The van der Waals surface area contributed by atoms with Crippen molar-refractivity contribution in [3.63, 3.8) is 0 Å². The van der Waals surface area contributed by atoms with E-state index in [4.69, 9.17) is 9.94 Å². The fraction of sp³-hybridized carbons (Fsp3) is 0.241. The Morgan fingerprint density at radius 2 is 1.83 bits per heavy atom. The molecule has 0 aromatic heterocycles. The van der Waals surface area contributed by atoms with Crippen LogP contribution < -0.4 is 15.5 Å². The van der Waals surface area contributed by atoms with Gasteiger partial charge in [-0.3, -0.25) is 14.8 Å². The summed E-state index contributed by atoms with van der Waals surface area (Å²) in [6, 6.07) is 20.4. The van der Waals surface area contributed by atoms with E-state index >= 15 is 0 Å². The molecule has 2 amide bonds. The Bertz CT molecular complexity index is 1230. The van der Waals surface area contributed by atoms with Crippen LogP contribution in [0.15, 0.2) is 84.5 Å². The van der Waals surface area contributed by atoms with E-state index in [0.717, 1.165) is 35.6 Å². The number of amides is 2. The van der Waals surface area contributed by atoms with Gasteiger partial charge in [-0.05, 0) is 66.8 Å². The van der Waals surface area contributed by atoms with Gasteiger partial charge >= 0.3 is 0 Å². The Labute approximate surface area is 205 Å². The minimum absolute atomic E-state index is 0.0993. The number of hydrogen-bond acceptors (Lipinski definition) is 4. The molecule has 0 saturated carbocycles. The lowest BCUT2D eigenvalue weighted by molar-refractivity contribution is -0.117. The van der Waals surface area contributed by atoms with E-state index in [2.05, 4.69) is 17.5 Å². The summed E-state index contributed by atoms with van der Waals surface area (Å²) >= 11 is 0. The number of hydroxylamine groups is 1. The molecule has 1 aliphatic rings. The summed E-state index contributed by atoms with van der Waals surface area (Å²) in [5.74, 6) is 0.453. The highest BCUT2D eigenvalue weighted by Gasteiger charge is 2.14. The van der Waals surface area contributed by atoms with Gasteiger partial charge in [-0.15, -0.1) is 0 Å². The zero-order valence-electron chi connectivity index (χ0n) is 19.6. The van der Waals surface area contributed by atoms with Gasteiger partial charge in [0.1, 0.15) is 12.4 Å². The summed E-state index contributed by atoms with van der Waals surface area (Å²) < 4.78 is 6.11. The van der Waals surface area contributed by atoms with Crippen molar-refractivity contribution < 1.29 is 19.5 Å². The molecule has 0 spiro atoms. The van der Waals surface area contributed by atoms with E-state index in [-0.39, 0.29) is 12.5 Å². The number of carbonyl (C=O) groups is 2. The topological polar surface area (TPSA) is 87.7 Å². The van der Waals surface area contributed by atoms with Crippen molar-refractivity contribution in [2.24, 2.45) is 5.92 Å². The fourth-order valence-corrected chi connectivity index (χ4v) is 4.25. The van der Waals surface area contributed by atoms with Crippen LogP contribution in [0.1, 0.15) is 41.6 Å². The summed E-state index contributed by atoms with van der Waals surface area (Å²) in [4.78, 5) is 24.7. The molecule has 1 atom stereocenters. The standard InChI is InChI=1S/C29H30N2O4/c32-28(30-18-17-21-7-2-1-3-8-21)25(19-22-13-15-24(16-14-22)29(33)31-34)20-35-27-12-6-10-23-9-4-5-11-26(23)27/h2,4-7,9-16,19,21,34H,1,3,8,17-18,20H2,(H,30,32)(H,31,33)/b25-19+. The van der Waals surface area contributed by atoms with Gasteiger partial charge in [0, 0.05) is 17.5 Å². The largest absolute Gasteiger partial charge is 0.488 e. The second-order valence-corrected chi connectivity index (χ2v) is 8.66. The predicted molar refractivity (Wildman–Crippen MR) is 137 cm³/mol. The summed E-state index contributed by atoms with van der Waals surface area (Å²) in [5, 5.41) is 13.9. The third-order valence-corrected chi connectivity index (χ3v) is 6.19. The number of rotatable bonds is 9. The quantitative estimate of drug-likeness (QED) is 0.172. The fourth-order valence-electron chi connectivity index (χ4n) is 4.25. The van der Waals surface area contributed by atoms with Crippen LogP contribution in [0.2, 0.25) is 0 Å². The van der Waals surface area contributed by atoms with Gasteiger partial charge in [0.25, 0.3) is 11.8 Å². The van der Waals surface area contributed by atoms with E-state index in [1.807, 2.05) is 42.5 Å². The maximum Gasteiger partial charge on any atom is 0.274 e. The van der Waals surface area contributed by atoms with Crippen LogP contribution in [0.5, 0.6) is 5.75 Å². The third kappa shape index (κ3) is 6.58. The van der Waals surface area contributed by atoms with Crippen LogP contribution in [0.25, 0.3) is 16.8 Å². The molecule has 1 aliphatic carbocycles. The van der Waals surface area contributed by atoms with Crippen molar-refractivity contribution in [3.8, 4) is 5.75 Å². The van der Waals surface area contributed by atoms with Gasteiger partial charge < -0.3 is 10.1 Å². The highest BCUT2D eigenvalue weighted by molar-refractivity contribution is 5.98. The summed E-state index contributed by atoms with van der Waals surface area (Å²) in [7, 11) is 0.